The lowest BCUT2D eigenvalue weighted by Gasteiger charge is -2.37. The summed E-state index contributed by atoms with van der Waals surface area (Å²) in [5.41, 5.74) is 5.51. The van der Waals surface area contributed by atoms with Crippen LogP contribution in [0.3, 0.4) is 0 Å². The minimum atomic E-state index is 0.193. The molecule has 0 atom stereocenters. The molecule has 1 saturated carbocycles. The average Bonchev–Trinajstić information content (AvgIpc) is 2.14. The van der Waals surface area contributed by atoms with Crippen LogP contribution >= 0.6 is 0 Å². The molecule has 1 amide bonds. The summed E-state index contributed by atoms with van der Waals surface area (Å²) in [6, 6.07) is 0.447. The standard InChI is InChI=1S/C11H22N2O2/c1-2-15-9-6-11(14)13(8-7-12)10-4-3-5-10/h10H,2-9,12H2,1H3. The lowest BCUT2D eigenvalue weighted by atomic mass is 9.91. The van der Waals surface area contributed by atoms with Gasteiger partial charge in [0.15, 0.2) is 0 Å². The van der Waals surface area contributed by atoms with Gasteiger partial charge < -0.3 is 15.4 Å². The maximum Gasteiger partial charge on any atom is 0.225 e. The van der Waals surface area contributed by atoms with Gasteiger partial charge in [-0.15, -0.1) is 0 Å². The number of rotatable bonds is 7. The van der Waals surface area contributed by atoms with Gasteiger partial charge in [0.25, 0.3) is 0 Å². The molecule has 0 saturated heterocycles. The fraction of sp³-hybridized carbons (Fsp3) is 0.909. The van der Waals surface area contributed by atoms with E-state index in [-0.39, 0.29) is 5.91 Å². The molecule has 0 aromatic heterocycles. The zero-order chi connectivity index (χ0) is 11.1. The van der Waals surface area contributed by atoms with Gasteiger partial charge in [0.1, 0.15) is 0 Å². The molecule has 1 aliphatic carbocycles. The summed E-state index contributed by atoms with van der Waals surface area (Å²) < 4.78 is 5.19. The maximum absolute atomic E-state index is 11.8. The van der Waals surface area contributed by atoms with E-state index in [0.717, 1.165) is 12.8 Å². The van der Waals surface area contributed by atoms with Crippen LogP contribution < -0.4 is 5.73 Å². The Balaban J connectivity index is 2.29. The van der Waals surface area contributed by atoms with Crippen LogP contribution in [0.1, 0.15) is 32.6 Å². The van der Waals surface area contributed by atoms with Crippen molar-refractivity contribution >= 4 is 5.91 Å². The Morgan fingerprint density at radius 2 is 2.27 bits per heavy atom. The van der Waals surface area contributed by atoms with Crippen molar-refractivity contribution in [1.82, 2.24) is 4.90 Å². The van der Waals surface area contributed by atoms with Crippen LogP contribution in [-0.4, -0.2) is 43.2 Å². The second kappa shape index (κ2) is 6.80. The molecule has 1 fully saturated rings. The van der Waals surface area contributed by atoms with E-state index < -0.39 is 0 Å². The van der Waals surface area contributed by atoms with Crippen molar-refractivity contribution in [1.29, 1.82) is 0 Å². The average molecular weight is 214 g/mol. The minimum absolute atomic E-state index is 0.193. The Kier molecular flexibility index (Phi) is 5.65. The van der Waals surface area contributed by atoms with Crippen molar-refractivity contribution in [2.24, 2.45) is 5.73 Å². The first-order valence-corrected chi connectivity index (χ1v) is 5.86. The van der Waals surface area contributed by atoms with Gasteiger partial charge in [-0.25, -0.2) is 0 Å². The van der Waals surface area contributed by atoms with E-state index in [1.165, 1.54) is 6.42 Å². The van der Waals surface area contributed by atoms with Crippen LogP contribution in [0.2, 0.25) is 0 Å². The van der Waals surface area contributed by atoms with E-state index in [2.05, 4.69) is 0 Å². The molecule has 15 heavy (non-hydrogen) atoms. The monoisotopic (exact) mass is 214 g/mol. The highest BCUT2D eigenvalue weighted by atomic mass is 16.5. The SMILES string of the molecule is CCOCCC(=O)N(CCN)C1CCC1. The molecule has 1 rings (SSSR count). The number of amides is 1. The number of carbonyl (C=O) groups is 1. The zero-order valence-electron chi connectivity index (χ0n) is 9.58. The molecular weight excluding hydrogens is 192 g/mol. The highest BCUT2D eigenvalue weighted by Gasteiger charge is 2.27. The molecule has 2 N–H and O–H groups in total. The summed E-state index contributed by atoms with van der Waals surface area (Å²) >= 11 is 0. The lowest BCUT2D eigenvalue weighted by molar-refractivity contribution is -0.136. The van der Waals surface area contributed by atoms with E-state index in [4.69, 9.17) is 10.5 Å². The molecule has 0 aliphatic heterocycles. The van der Waals surface area contributed by atoms with Crippen LogP contribution in [0.4, 0.5) is 0 Å². The molecule has 4 nitrogen and oxygen atoms in total. The Morgan fingerprint density at radius 1 is 1.53 bits per heavy atom. The van der Waals surface area contributed by atoms with Gasteiger partial charge >= 0.3 is 0 Å². The molecule has 1 aliphatic rings. The number of ether oxygens (including phenoxy) is 1. The van der Waals surface area contributed by atoms with E-state index >= 15 is 0 Å². The Hall–Kier alpha value is -0.610. The Morgan fingerprint density at radius 3 is 2.73 bits per heavy atom. The van der Waals surface area contributed by atoms with E-state index in [1.807, 2.05) is 11.8 Å². The molecule has 0 bridgehead atoms. The summed E-state index contributed by atoms with van der Waals surface area (Å²) in [5, 5.41) is 0. The van der Waals surface area contributed by atoms with Gasteiger partial charge in [-0.1, -0.05) is 0 Å². The van der Waals surface area contributed by atoms with Crippen molar-refractivity contribution in [2.75, 3.05) is 26.3 Å². The Bertz CT molecular complexity index is 193. The van der Waals surface area contributed by atoms with Crippen molar-refractivity contribution < 1.29 is 9.53 Å². The van der Waals surface area contributed by atoms with Crippen LogP contribution in [0.15, 0.2) is 0 Å². The Labute approximate surface area is 91.8 Å². The highest BCUT2D eigenvalue weighted by Crippen LogP contribution is 2.24. The van der Waals surface area contributed by atoms with E-state index in [0.29, 0.717) is 38.8 Å². The predicted octanol–water partition coefficient (Wildman–Crippen LogP) is 0.753. The third-order valence-electron chi connectivity index (χ3n) is 2.87. The van der Waals surface area contributed by atoms with Crippen molar-refractivity contribution in [3.63, 3.8) is 0 Å². The number of nitrogens with zero attached hydrogens (tertiary/aromatic N) is 1. The van der Waals surface area contributed by atoms with Gasteiger partial charge in [0, 0.05) is 25.7 Å². The minimum Gasteiger partial charge on any atom is -0.381 e. The second-order valence-corrected chi connectivity index (χ2v) is 3.91. The van der Waals surface area contributed by atoms with Crippen LogP contribution in [0, 0.1) is 0 Å². The van der Waals surface area contributed by atoms with Crippen LogP contribution in [-0.2, 0) is 9.53 Å². The number of carbonyl (C=O) groups excluding carboxylic acids is 1. The summed E-state index contributed by atoms with van der Waals surface area (Å²) in [5.74, 6) is 0.193. The second-order valence-electron chi connectivity index (χ2n) is 3.91. The van der Waals surface area contributed by atoms with E-state index in [1.54, 1.807) is 0 Å². The number of nitrogens with two attached hydrogens (primary N) is 1. The molecule has 88 valence electrons. The third-order valence-corrected chi connectivity index (χ3v) is 2.87. The summed E-state index contributed by atoms with van der Waals surface area (Å²) in [6.07, 6.45) is 4.01. The zero-order valence-corrected chi connectivity index (χ0v) is 9.58. The predicted molar refractivity (Wildman–Crippen MR) is 59.5 cm³/mol. The van der Waals surface area contributed by atoms with Gasteiger partial charge in [0.05, 0.1) is 13.0 Å². The first kappa shape index (κ1) is 12.5. The number of hydrogen-bond donors (Lipinski definition) is 1. The van der Waals surface area contributed by atoms with Gasteiger partial charge in [0.2, 0.25) is 5.91 Å². The largest absolute Gasteiger partial charge is 0.381 e. The third kappa shape index (κ3) is 3.80. The van der Waals surface area contributed by atoms with Crippen molar-refractivity contribution in [2.45, 2.75) is 38.6 Å². The summed E-state index contributed by atoms with van der Waals surface area (Å²) in [7, 11) is 0. The lowest BCUT2D eigenvalue weighted by Crippen LogP contribution is -2.46. The van der Waals surface area contributed by atoms with Crippen molar-refractivity contribution in [3.8, 4) is 0 Å². The number of hydrogen-bond acceptors (Lipinski definition) is 3. The first-order valence-electron chi connectivity index (χ1n) is 5.86. The summed E-state index contributed by atoms with van der Waals surface area (Å²) in [4.78, 5) is 13.8. The smallest absolute Gasteiger partial charge is 0.225 e. The molecule has 0 aromatic carbocycles. The molecular formula is C11H22N2O2. The first-order chi connectivity index (χ1) is 7.29. The van der Waals surface area contributed by atoms with Gasteiger partial charge in [-0.3, -0.25) is 4.79 Å². The highest BCUT2D eigenvalue weighted by molar-refractivity contribution is 5.76. The topological polar surface area (TPSA) is 55.6 Å². The molecule has 0 radical (unpaired) electrons. The van der Waals surface area contributed by atoms with Crippen LogP contribution in [0.5, 0.6) is 0 Å². The quantitative estimate of drug-likeness (QED) is 0.636. The summed E-state index contributed by atoms with van der Waals surface area (Å²) in [6.45, 7) is 4.39. The van der Waals surface area contributed by atoms with Gasteiger partial charge in [-0.2, -0.15) is 0 Å². The molecule has 0 spiro atoms. The molecule has 0 unspecified atom stereocenters. The fourth-order valence-corrected chi connectivity index (χ4v) is 1.80. The van der Waals surface area contributed by atoms with Crippen LogP contribution in [0.25, 0.3) is 0 Å². The van der Waals surface area contributed by atoms with Gasteiger partial charge in [-0.05, 0) is 26.2 Å². The fourth-order valence-electron chi connectivity index (χ4n) is 1.80. The molecule has 0 aromatic rings. The normalized spacial score (nSPS) is 16.1. The van der Waals surface area contributed by atoms with E-state index in [9.17, 15) is 4.79 Å². The maximum atomic E-state index is 11.8. The van der Waals surface area contributed by atoms with Crippen molar-refractivity contribution in [3.05, 3.63) is 0 Å². The molecule has 4 heteroatoms. The molecule has 0 heterocycles.